The smallest absolute Gasteiger partial charge is 0.736 e. The van der Waals surface area contributed by atoms with Crippen LogP contribution in [0.3, 0.4) is 0 Å². The summed E-state index contributed by atoms with van der Waals surface area (Å²) in [6.07, 6.45) is 0. The van der Waals surface area contributed by atoms with Gasteiger partial charge in [-0.25, -0.2) is 13.6 Å². The summed E-state index contributed by atoms with van der Waals surface area (Å²) in [4.78, 5) is 0. The van der Waals surface area contributed by atoms with Gasteiger partial charge in [0, 0.05) is 0 Å². The van der Waals surface area contributed by atoms with E-state index in [9.17, 15) is 0 Å². The van der Waals surface area contributed by atoms with Crippen LogP contribution in [0.15, 0.2) is 0 Å². The summed E-state index contributed by atoms with van der Waals surface area (Å²) < 4.78 is 26.6. The van der Waals surface area contributed by atoms with Gasteiger partial charge in [0.2, 0.25) is 0 Å². The van der Waals surface area contributed by atoms with E-state index in [1.165, 1.54) is 0 Å². The van der Waals surface area contributed by atoms with E-state index < -0.39 is 10.3 Å². The van der Waals surface area contributed by atoms with Crippen molar-refractivity contribution in [3.8, 4) is 0 Å². The molecule has 0 aromatic rings. The summed E-state index contributed by atoms with van der Waals surface area (Å²) in [5, 5.41) is 3.77. The predicted molar refractivity (Wildman–Crippen MR) is 13.9 cm³/mol. The Morgan fingerprint density at radius 1 is 1.50 bits per heavy atom. The minimum absolute atomic E-state index is 0. The summed E-state index contributed by atoms with van der Waals surface area (Å²) >= 11 is 0. The van der Waals surface area contributed by atoms with E-state index in [1.54, 1.807) is 0 Å². The monoisotopic (exact) mass is 181 g/mol. The molecule has 0 atom stereocenters. The molecule has 0 aliphatic rings. The van der Waals surface area contributed by atoms with Crippen LogP contribution in [0, 0.1) is 0 Å². The van der Waals surface area contributed by atoms with Gasteiger partial charge in [-0.05, 0) is 0 Å². The van der Waals surface area contributed by atoms with E-state index in [-0.39, 0.29) is 58.2 Å². The number of hydrogen-bond donors (Lipinski definition) is 1. The molecular formula is H2NO3RbS. The quantitative estimate of drug-likeness (QED) is 0.382. The first-order chi connectivity index (χ1) is 2.00. The normalized spacial score (nSPS) is 9.67. The molecule has 0 fully saturated rings. The second kappa shape index (κ2) is 3.65. The number of rotatable bonds is 0. The first-order valence-electron chi connectivity index (χ1n) is 0.736. The Labute approximate surface area is 84.8 Å². The molecule has 0 amide bonds. The van der Waals surface area contributed by atoms with E-state index in [2.05, 4.69) is 5.14 Å². The molecule has 0 rings (SSSR count). The van der Waals surface area contributed by atoms with Crippen LogP contribution in [-0.4, -0.2) is 13.0 Å². The van der Waals surface area contributed by atoms with Crippen molar-refractivity contribution in [2.24, 2.45) is 5.14 Å². The molecule has 0 saturated carbocycles. The minimum atomic E-state index is -4.42. The Morgan fingerprint density at radius 2 is 1.50 bits per heavy atom. The zero-order valence-electron chi connectivity index (χ0n) is 3.21. The maximum atomic E-state index is 8.85. The first-order valence-corrected chi connectivity index (χ1v) is 2.21. The number of nitrogens with two attached hydrogens (primary N) is 1. The topological polar surface area (TPSA) is 83.2 Å². The van der Waals surface area contributed by atoms with Gasteiger partial charge in [-0.3, -0.25) is 0 Å². The summed E-state index contributed by atoms with van der Waals surface area (Å²) in [6, 6.07) is 0. The van der Waals surface area contributed by atoms with Crippen LogP contribution in [0.1, 0.15) is 0 Å². The van der Waals surface area contributed by atoms with Gasteiger partial charge in [0.15, 0.2) is 10.3 Å². The Morgan fingerprint density at radius 3 is 1.50 bits per heavy atom. The predicted octanol–water partition coefficient (Wildman–Crippen LogP) is -4.59. The Hall–Kier alpha value is 1.68. The third-order valence-corrected chi connectivity index (χ3v) is 0. The van der Waals surface area contributed by atoms with Crippen molar-refractivity contribution in [3.63, 3.8) is 0 Å². The average molecular weight is 182 g/mol. The standard InChI is InChI=1S/H3NO3S.Rb/c1-5(2,3)4;/h(H3,1,2,3,4);/q;+1/p-1. The van der Waals surface area contributed by atoms with Crippen molar-refractivity contribution in [2.45, 2.75) is 0 Å². The fraction of sp³-hybridized carbons (Fsp3) is 0. The third kappa shape index (κ3) is 44.2. The summed E-state index contributed by atoms with van der Waals surface area (Å²) in [5.41, 5.74) is 0. The largest absolute Gasteiger partial charge is 1.00 e. The molecule has 4 nitrogen and oxygen atoms in total. The molecule has 6 heteroatoms. The minimum Gasteiger partial charge on any atom is -0.736 e. The fourth-order valence-electron chi connectivity index (χ4n) is 0. The van der Waals surface area contributed by atoms with Crippen LogP contribution in [0.25, 0.3) is 0 Å². The van der Waals surface area contributed by atoms with Crippen molar-refractivity contribution >= 4 is 10.3 Å². The van der Waals surface area contributed by atoms with Gasteiger partial charge >= 0.3 is 58.2 Å². The molecule has 6 heavy (non-hydrogen) atoms. The van der Waals surface area contributed by atoms with Gasteiger partial charge in [-0.15, -0.1) is 0 Å². The average Bonchev–Trinajstić information content (AvgIpc) is 0.722. The summed E-state index contributed by atoms with van der Waals surface area (Å²) in [7, 11) is -4.42. The van der Waals surface area contributed by atoms with Crippen LogP contribution in [0.2, 0.25) is 0 Å². The second-order valence-corrected chi connectivity index (χ2v) is 1.48. The molecule has 0 aliphatic heterocycles. The molecule has 0 aliphatic carbocycles. The van der Waals surface area contributed by atoms with Crippen LogP contribution < -0.4 is 63.3 Å². The van der Waals surface area contributed by atoms with Crippen LogP contribution in [-0.2, 0) is 10.3 Å². The van der Waals surface area contributed by atoms with Crippen LogP contribution in [0.4, 0.5) is 0 Å². The SMILES string of the molecule is NS(=O)(=O)[O-].[Rb+]. The third-order valence-electron chi connectivity index (χ3n) is 0. The van der Waals surface area contributed by atoms with E-state index in [4.69, 9.17) is 13.0 Å². The zero-order chi connectivity index (χ0) is 4.50. The Kier molecular flexibility index (Phi) is 6.46. The second-order valence-electron chi connectivity index (χ2n) is 0.493. The van der Waals surface area contributed by atoms with E-state index in [0.717, 1.165) is 0 Å². The van der Waals surface area contributed by atoms with Crippen LogP contribution >= 0.6 is 0 Å². The van der Waals surface area contributed by atoms with Gasteiger partial charge in [-0.1, -0.05) is 0 Å². The van der Waals surface area contributed by atoms with E-state index >= 15 is 0 Å². The maximum absolute atomic E-state index is 8.85. The summed E-state index contributed by atoms with van der Waals surface area (Å²) in [5.74, 6) is 0. The Balaban J connectivity index is 0. The number of hydrogen-bond acceptors (Lipinski definition) is 3. The molecule has 0 aromatic carbocycles. The molecule has 32 valence electrons. The molecule has 0 spiro atoms. The van der Waals surface area contributed by atoms with Crippen LogP contribution in [0.5, 0.6) is 0 Å². The Bertz CT molecular complexity index is 94.0. The molecule has 0 aromatic heterocycles. The van der Waals surface area contributed by atoms with E-state index in [0.29, 0.717) is 0 Å². The van der Waals surface area contributed by atoms with Gasteiger partial charge in [-0.2, -0.15) is 0 Å². The molecular weight excluding hydrogens is 180 g/mol. The van der Waals surface area contributed by atoms with Gasteiger partial charge in [0.05, 0.1) is 0 Å². The maximum Gasteiger partial charge on any atom is 1.00 e. The van der Waals surface area contributed by atoms with Crippen molar-refractivity contribution < 1.29 is 71.2 Å². The van der Waals surface area contributed by atoms with Crippen molar-refractivity contribution in [2.75, 3.05) is 0 Å². The molecule has 2 N–H and O–H groups in total. The van der Waals surface area contributed by atoms with Crippen molar-refractivity contribution in [1.82, 2.24) is 0 Å². The van der Waals surface area contributed by atoms with Gasteiger partial charge < -0.3 is 4.55 Å². The van der Waals surface area contributed by atoms with E-state index in [1.807, 2.05) is 0 Å². The summed E-state index contributed by atoms with van der Waals surface area (Å²) in [6.45, 7) is 0. The molecule has 0 radical (unpaired) electrons. The van der Waals surface area contributed by atoms with Gasteiger partial charge in [0.25, 0.3) is 0 Å². The fourth-order valence-corrected chi connectivity index (χ4v) is 0. The molecule has 0 heterocycles. The molecule has 0 bridgehead atoms. The van der Waals surface area contributed by atoms with Gasteiger partial charge in [0.1, 0.15) is 0 Å². The van der Waals surface area contributed by atoms with Crippen molar-refractivity contribution in [3.05, 3.63) is 0 Å². The molecule has 0 saturated heterocycles. The zero-order valence-corrected chi connectivity index (χ0v) is 8.94. The van der Waals surface area contributed by atoms with Crippen molar-refractivity contribution in [1.29, 1.82) is 0 Å². The molecule has 0 unspecified atom stereocenters. The first kappa shape index (κ1) is 10.6.